The van der Waals surface area contributed by atoms with E-state index in [0.717, 1.165) is 5.56 Å². The highest BCUT2D eigenvalue weighted by atomic mass is 79.9. The van der Waals surface area contributed by atoms with E-state index in [0.29, 0.717) is 4.47 Å². The minimum Gasteiger partial charge on any atom is -0.211 e. The molecule has 0 aliphatic rings. The Bertz CT molecular complexity index is 528. The molecule has 1 aromatic rings. The molecule has 0 amide bonds. The molecule has 8 heteroatoms. The van der Waals surface area contributed by atoms with Crippen LogP contribution in [0.25, 0.3) is 0 Å². The van der Waals surface area contributed by atoms with Crippen LogP contribution in [0.1, 0.15) is 12.0 Å². The Morgan fingerprint density at radius 2 is 1.94 bits per heavy atom. The minimum atomic E-state index is -4.38. The summed E-state index contributed by atoms with van der Waals surface area (Å²) in [7, 11) is -3.93. The van der Waals surface area contributed by atoms with Gasteiger partial charge in [0.2, 0.25) is 10.0 Å². The lowest BCUT2D eigenvalue weighted by atomic mass is 10.2. The average Bonchev–Trinajstić information content (AvgIpc) is 2.13. The predicted molar refractivity (Wildman–Crippen MR) is 64.7 cm³/mol. The van der Waals surface area contributed by atoms with Crippen molar-refractivity contribution in [1.82, 2.24) is 4.72 Å². The first-order chi connectivity index (χ1) is 8.12. The molecule has 1 N–H and O–H groups in total. The van der Waals surface area contributed by atoms with E-state index in [4.69, 9.17) is 0 Å². The topological polar surface area (TPSA) is 46.2 Å². The van der Waals surface area contributed by atoms with Gasteiger partial charge in [0.05, 0.1) is 11.3 Å². The molecule has 3 nitrogen and oxygen atoms in total. The smallest absolute Gasteiger partial charge is 0.211 e. The zero-order valence-electron chi connectivity index (χ0n) is 9.38. The molecular weight excluding hydrogens is 335 g/mol. The number of rotatable bonds is 4. The third-order valence-electron chi connectivity index (χ3n) is 2.08. The standard InChI is InChI=1S/C10H11BrF3NO2S/c1-7-2-3-9(8(11)6-7)18(16,17)15-5-4-10(12,13)14/h2-3,6,15H,4-5H2,1H3. The number of alkyl halides is 3. The van der Waals surface area contributed by atoms with Crippen molar-refractivity contribution < 1.29 is 21.6 Å². The van der Waals surface area contributed by atoms with Crippen LogP contribution in [-0.2, 0) is 10.0 Å². The van der Waals surface area contributed by atoms with Crippen molar-refractivity contribution in [2.24, 2.45) is 0 Å². The van der Waals surface area contributed by atoms with Crippen LogP contribution in [0, 0.1) is 6.92 Å². The van der Waals surface area contributed by atoms with Crippen LogP contribution in [0.3, 0.4) is 0 Å². The van der Waals surface area contributed by atoms with Crippen molar-refractivity contribution in [1.29, 1.82) is 0 Å². The van der Waals surface area contributed by atoms with Gasteiger partial charge in [-0.25, -0.2) is 13.1 Å². The fraction of sp³-hybridized carbons (Fsp3) is 0.400. The molecule has 0 aliphatic heterocycles. The van der Waals surface area contributed by atoms with Crippen molar-refractivity contribution in [3.05, 3.63) is 28.2 Å². The van der Waals surface area contributed by atoms with E-state index in [1.807, 2.05) is 4.72 Å². The molecule has 0 heterocycles. The Hall–Kier alpha value is -0.600. The van der Waals surface area contributed by atoms with Crippen LogP contribution in [0.2, 0.25) is 0 Å². The van der Waals surface area contributed by atoms with E-state index < -0.39 is 29.2 Å². The SMILES string of the molecule is Cc1ccc(S(=O)(=O)NCCC(F)(F)F)c(Br)c1. The number of halogens is 4. The fourth-order valence-corrected chi connectivity index (χ4v) is 3.45. The van der Waals surface area contributed by atoms with Crippen LogP contribution in [0.4, 0.5) is 13.2 Å². The van der Waals surface area contributed by atoms with Gasteiger partial charge in [0, 0.05) is 11.0 Å². The van der Waals surface area contributed by atoms with Crippen LogP contribution in [-0.4, -0.2) is 21.1 Å². The summed E-state index contributed by atoms with van der Waals surface area (Å²) in [6.07, 6.45) is -5.58. The number of hydrogen-bond acceptors (Lipinski definition) is 2. The minimum absolute atomic E-state index is 0.0738. The molecule has 0 fully saturated rings. The summed E-state index contributed by atoms with van der Waals surface area (Å²) in [6, 6.07) is 4.50. The zero-order valence-corrected chi connectivity index (χ0v) is 11.8. The van der Waals surface area contributed by atoms with Crippen molar-refractivity contribution >= 4 is 26.0 Å². The fourth-order valence-electron chi connectivity index (χ4n) is 1.23. The molecular formula is C10H11BrF3NO2S. The lowest BCUT2D eigenvalue weighted by Crippen LogP contribution is -2.28. The molecule has 0 bridgehead atoms. The highest BCUT2D eigenvalue weighted by Crippen LogP contribution is 2.23. The summed E-state index contributed by atoms with van der Waals surface area (Å²) < 4.78 is 61.5. The number of hydrogen-bond donors (Lipinski definition) is 1. The second-order valence-corrected chi connectivity index (χ2v) is 6.29. The quantitative estimate of drug-likeness (QED) is 0.911. The summed E-state index contributed by atoms with van der Waals surface area (Å²) in [5.41, 5.74) is 0.844. The largest absolute Gasteiger partial charge is 0.390 e. The van der Waals surface area contributed by atoms with Gasteiger partial charge >= 0.3 is 6.18 Å². The molecule has 0 radical (unpaired) electrons. The lowest BCUT2D eigenvalue weighted by Gasteiger charge is -2.10. The Balaban J connectivity index is 2.81. The second kappa shape index (κ2) is 5.58. The molecule has 0 aromatic heterocycles. The van der Waals surface area contributed by atoms with E-state index in [1.165, 1.54) is 6.07 Å². The Morgan fingerprint density at radius 3 is 2.44 bits per heavy atom. The van der Waals surface area contributed by atoms with Crippen molar-refractivity contribution in [2.75, 3.05) is 6.54 Å². The molecule has 1 aromatic carbocycles. The average molecular weight is 346 g/mol. The van der Waals surface area contributed by atoms with Crippen LogP contribution >= 0.6 is 15.9 Å². The first-order valence-electron chi connectivity index (χ1n) is 4.94. The van der Waals surface area contributed by atoms with Gasteiger partial charge < -0.3 is 0 Å². The summed E-state index contributed by atoms with van der Waals surface area (Å²) in [6.45, 7) is 1.10. The van der Waals surface area contributed by atoms with Gasteiger partial charge in [0.1, 0.15) is 0 Å². The van der Waals surface area contributed by atoms with Crippen molar-refractivity contribution in [3.8, 4) is 0 Å². The predicted octanol–water partition coefficient (Wildman–Crippen LogP) is 2.99. The molecule has 0 saturated carbocycles. The highest BCUT2D eigenvalue weighted by Gasteiger charge is 2.28. The van der Waals surface area contributed by atoms with Gasteiger partial charge in [-0.3, -0.25) is 0 Å². The number of nitrogens with one attached hydrogen (secondary N) is 1. The van der Waals surface area contributed by atoms with E-state index in [2.05, 4.69) is 15.9 Å². The molecule has 18 heavy (non-hydrogen) atoms. The van der Waals surface area contributed by atoms with Crippen LogP contribution < -0.4 is 4.72 Å². The van der Waals surface area contributed by atoms with E-state index >= 15 is 0 Å². The van der Waals surface area contributed by atoms with Gasteiger partial charge in [-0.15, -0.1) is 0 Å². The molecule has 0 saturated heterocycles. The molecule has 0 unspecified atom stereocenters. The van der Waals surface area contributed by atoms with E-state index in [9.17, 15) is 21.6 Å². The maximum absolute atomic E-state index is 11.9. The normalized spacial score (nSPS) is 12.7. The Morgan fingerprint density at radius 1 is 1.33 bits per heavy atom. The summed E-state index contributed by atoms with van der Waals surface area (Å²) >= 11 is 3.07. The van der Waals surface area contributed by atoms with Gasteiger partial charge in [-0.2, -0.15) is 13.2 Å². The number of sulfonamides is 1. The monoisotopic (exact) mass is 345 g/mol. The Kier molecular flexibility index (Phi) is 4.79. The zero-order chi connectivity index (χ0) is 14.0. The molecule has 0 aliphatic carbocycles. The second-order valence-electron chi connectivity index (χ2n) is 3.70. The van der Waals surface area contributed by atoms with Crippen molar-refractivity contribution in [3.63, 3.8) is 0 Å². The van der Waals surface area contributed by atoms with Gasteiger partial charge in [0.15, 0.2) is 0 Å². The van der Waals surface area contributed by atoms with E-state index in [-0.39, 0.29) is 4.90 Å². The first-order valence-corrected chi connectivity index (χ1v) is 7.22. The molecule has 0 atom stereocenters. The molecule has 0 spiro atoms. The maximum Gasteiger partial charge on any atom is 0.390 e. The molecule has 1 rings (SSSR count). The Labute approximate surface area is 112 Å². The summed E-state index contributed by atoms with van der Waals surface area (Å²) in [5.74, 6) is 0. The highest BCUT2D eigenvalue weighted by molar-refractivity contribution is 9.10. The third-order valence-corrected chi connectivity index (χ3v) is 4.52. The summed E-state index contributed by atoms with van der Waals surface area (Å²) in [4.78, 5) is -0.0738. The van der Waals surface area contributed by atoms with Gasteiger partial charge in [-0.05, 0) is 40.5 Å². The van der Waals surface area contributed by atoms with Crippen LogP contribution in [0.15, 0.2) is 27.6 Å². The maximum atomic E-state index is 11.9. The van der Waals surface area contributed by atoms with Crippen molar-refractivity contribution in [2.45, 2.75) is 24.4 Å². The van der Waals surface area contributed by atoms with E-state index in [1.54, 1.807) is 19.1 Å². The molecule has 102 valence electrons. The number of benzene rings is 1. The summed E-state index contributed by atoms with van der Waals surface area (Å²) in [5, 5.41) is 0. The lowest BCUT2D eigenvalue weighted by molar-refractivity contribution is -0.132. The van der Waals surface area contributed by atoms with Gasteiger partial charge in [-0.1, -0.05) is 6.07 Å². The number of aryl methyl sites for hydroxylation is 1. The first kappa shape index (κ1) is 15.5. The van der Waals surface area contributed by atoms with Crippen LogP contribution in [0.5, 0.6) is 0 Å². The third kappa shape index (κ3) is 4.58. The van der Waals surface area contributed by atoms with Gasteiger partial charge in [0.25, 0.3) is 0 Å².